The average molecular weight is 733 g/mol. The summed E-state index contributed by atoms with van der Waals surface area (Å²) in [7, 11) is 0. The lowest BCUT2D eigenvalue weighted by Crippen LogP contribution is -2.55. The molecule has 0 radical (unpaired) electrons. The molecule has 234 valence electrons. The van der Waals surface area contributed by atoms with Gasteiger partial charge in [-0.1, -0.05) is 40.2 Å². The van der Waals surface area contributed by atoms with Crippen molar-refractivity contribution in [2.75, 3.05) is 25.2 Å². The lowest BCUT2D eigenvalue weighted by Gasteiger charge is -2.20. The summed E-state index contributed by atoms with van der Waals surface area (Å²) in [4.78, 5) is 44.3. The molecule has 3 aromatic rings. The Kier molecular flexibility index (Phi) is 17.5. The maximum atomic E-state index is 12.3. The number of nitroso groups, excluding NO2 is 2. The molecule has 0 aliphatic rings. The molecular weight excluding hydrogens is 702 g/mol. The highest BCUT2D eigenvalue weighted by molar-refractivity contribution is 9.10. The number of hydrogen-bond donors (Lipinski definition) is 2. The van der Waals surface area contributed by atoms with E-state index in [1.54, 1.807) is 68.4 Å². The molecule has 0 saturated heterocycles. The normalized spacial score (nSPS) is 9.98. The van der Waals surface area contributed by atoms with Crippen molar-refractivity contribution in [3.8, 4) is 17.2 Å². The van der Waals surface area contributed by atoms with Gasteiger partial charge < -0.3 is 29.9 Å². The van der Waals surface area contributed by atoms with Gasteiger partial charge in [0.15, 0.2) is 17.2 Å². The van der Waals surface area contributed by atoms with Crippen LogP contribution in [0, 0.1) is 19.9 Å². The molecule has 14 nitrogen and oxygen atoms in total. The number of para-hydroxylation sites is 4. The third kappa shape index (κ3) is 12.8. The van der Waals surface area contributed by atoms with Crippen molar-refractivity contribution >= 4 is 54.9 Å². The molecule has 0 spiro atoms. The van der Waals surface area contributed by atoms with Gasteiger partial charge in [0.05, 0.1) is 17.1 Å². The van der Waals surface area contributed by atoms with Crippen molar-refractivity contribution in [3.05, 3.63) is 90.6 Å². The van der Waals surface area contributed by atoms with Crippen molar-refractivity contribution in [2.45, 2.75) is 26.4 Å². The second-order valence-electron chi connectivity index (χ2n) is 8.99. The van der Waals surface area contributed by atoms with Crippen LogP contribution >= 0.6 is 31.9 Å². The summed E-state index contributed by atoms with van der Waals surface area (Å²) in [6.45, 7) is 5.67. The minimum Gasteiger partial charge on any atom is -0.870 e. The Labute approximate surface area is 263 Å². The van der Waals surface area contributed by atoms with E-state index in [1.165, 1.54) is 6.07 Å². The van der Waals surface area contributed by atoms with E-state index in [-0.39, 0.29) is 46.9 Å². The second-order valence-corrected chi connectivity index (χ2v) is 10.6. The van der Waals surface area contributed by atoms with Crippen molar-refractivity contribution in [3.63, 3.8) is 0 Å². The van der Waals surface area contributed by atoms with Crippen LogP contribution in [0.25, 0.3) is 0 Å². The van der Waals surface area contributed by atoms with Crippen LogP contribution in [0.1, 0.15) is 31.1 Å². The highest BCUT2D eigenvalue weighted by atomic mass is 79.9. The van der Waals surface area contributed by atoms with Gasteiger partial charge in [0.2, 0.25) is 0 Å². The molecule has 0 aromatic heterocycles. The minimum absolute atomic E-state index is 0. The predicted octanol–water partition coefficient (Wildman–Crippen LogP) is 3.83. The number of alkyl halides is 1. The highest BCUT2D eigenvalue weighted by Gasteiger charge is 2.26. The van der Waals surface area contributed by atoms with Crippen LogP contribution in [-0.4, -0.2) is 52.6 Å². The molecule has 3 rings (SSSR count). The maximum absolute atomic E-state index is 12.3. The number of carbonyl (C=O) groups excluding carboxylic acids is 1. The topological polar surface area (TPSA) is 219 Å². The molecule has 0 heterocycles. The van der Waals surface area contributed by atoms with Gasteiger partial charge in [-0.25, -0.2) is 4.79 Å². The number of nitrogens with one attached hydrogen (secondary N) is 2. The monoisotopic (exact) mass is 731 g/mol. The van der Waals surface area contributed by atoms with E-state index in [1.807, 2.05) is 11.2 Å². The number of benzene rings is 3. The molecule has 0 saturated carbocycles. The lowest BCUT2D eigenvalue weighted by molar-refractivity contribution is -0.386. The van der Waals surface area contributed by atoms with Crippen LogP contribution < -0.4 is 24.6 Å². The quantitative estimate of drug-likeness (QED) is 0.0896. The Morgan fingerprint density at radius 1 is 0.837 bits per heavy atom. The predicted molar refractivity (Wildman–Crippen MR) is 161 cm³/mol. The van der Waals surface area contributed by atoms with Crippen molar-refractivity contribution in [1.29, 1.82) is 0 Å². The fraction of sp³-hybridized carbons (Fsp3) is 0.296. The molecule has 0 aliphatic carbocycles. The fourth-order valence-corrected chi connectivity index (χ4v) is 3.74. The SMILES string of the molecule is CC(C)(C)OC(=O)c1cc([N+](=O)[O-])c(OCCOc2ccccc2[NH+]=O)cc1Br.O=[NH+]c1ccccc1OCCBr.[OH-].[OH-]. The summed E-state index contributed by atoms with van der Waals surface area (Å²) < 4.78 is 21.7. The van der Waals surface area contributed by atoms with Gasteiger partial charge >= 0.3 is 11.7 Å². The molecular formula is C27H31Br2N3O11. The summed E-state index contributed by atoms with van der Waals surface area (Å²) >= 11 is 6.46. The first kappa shape index (κ1) is 39.0. The zero-order chi connectivity index (χ0) is 30.4. The third-order valence-electron chi connectivity index (χ3n) is 4.79. The number of esters is 1. The van der Waals surface area contributed by atoms with Crippen LogP contribution in [0.3, 0.4) is 0 Å². The van der Waals surface area contributed by atoms with E-state index in [0.717, 1.165) is 11.4 Å². The number of nitrogens with zero attached hydrogens (tertiary/aromatic N) is 1. The third-order valence-corrected chi connectivity index (χ3v) is 5.77. The number of carbonyl (C=O) groups is 1. The molecule has 0 fully saturated rings. The van der Waals surface area contributed by atoms with Crippen LogP contribution in [0.4, 0.5) is 17.1 Å². The molecule has 4 N–H and O–H groups in total. The van der Waals surface area contributed by atoms with E-state index in [4.69, 9.17) is 18.9 Å². The van der Waals surface area contributed by atoms with Crippen LogP contribution in [0.15, 0.2) is 65.1 Å². The standard InChI is InChI=1S/C19H19BrN2O7.C8H8BrNO2.2H2O/c1-19(2,3)29-18(23)12-10-15(22(25)26)17(11-13(12)20)28-9-8-27-16-7-5-4-6-14(16)21-24;9-5-6-12-8-4-2-1-3-7(8)10-11;;/h4-7,10-11H,8-9H2,1-3H3;1-4H,5-6H2;2*1H2. The second kappa shape index (κ2) is 19.2. The van der Waals surface area contributed by atoms with Crippen molar-refractivity contribution in [2.24, 2.45) is 0 Å². The number of nitro benzene ring substituents is 1. The van der Waals surface area contributed by atoms with E-state index in [9.17, 15) is 24.7 Å². The zero-order valence-electron chi connectivity index (χ0n) is 23.4. The average Bonchev–Trinajstić information content (AvgIpc) is 2.93. The molecule has 0 atom stereocenters. The summed E-state index contributed by atoms with van der Waals surface area (Å²) in [5.41, 5.74) is -0.365. The summed E-state index contributed by atoms with van der Waals surface area (Å²) in [5.74, 6) is 0.200. The molecule has 0 unspecified atom stereocenters. The number of hydrogen-bond acceptors (Lipinski definition) is 11. The van der Waals surface area contributed by atoms with Crippen LogP contribution in [0.5, 0.6) is 17.2 Å². The largest absolute Gasteiger partial charge is 0.870 e. The molecule has 0 amide bonds. The Morgan fingerprint density at radius 3 is 1.74 bits per heavy atom. The van der Waals surface area contributed by atoms with E-state index < -0.39 is 16.5 Å². The summed E-state index contributed by atoms with van der Waals surface area (Å²) in [6, 6.07) is 16.0. The molecule has 0 bridgehead atoms. The Balaban J connectivity index is 0.00000106. The number of ether oxygens (including phenoxy) is 4. The first-order valence-corrected chi connectivity index (χ1v) is 14.0. The van der Waals surface area contributed by atoms with Gasteiger partial charge in [0, 0.05) is 54.2 Å². The van der Waals surface area contributed by atoms with Crippen LogP contribution in [0.2, 0.25) is 0 Å². The van der Waals surface area contributed by atoms with Gasteiger partial charge in [-0.3, -0.25) is 10.1 Å². The van der Waals surface area contributed by atoms with Gasteiger partial charge in [0.25, 0.3) is 11.4 Å². The number of halogens is 2. The van der Waals surface area contributed by atoms with E-state index in [0.29, 0.717) is 28.3 Å². The summed E-state index contributed by atoms with van der Waals surface area (Å²) in [5, 5.41) is 15.7. The summed E-state index contributed by atoms with van der Waals surface area (Å²) in [6.07, 6.45) is 0. The fourth-order valence-electron chi connectivity index (χ4n) is 3.10. The molecule has 16 heteroatoms. The Hall–Kier alpha value is -3.99. The highest BCUT2D eigenvalue weighted by Crippen LogP contribution is 2.34. The Bertz CT molecular complexity index is 1370. The minimum atomic E-state index is -0.743. The smallest absolute Gasteiger partial charge is 0.340 e. The van der Waals surface area contributed by atoms with E-state index in [2.05, 4.69) is 31.9 Å². The van der Waals surface area contributed by atoms with Gasteiger partial charge in [0.1, 0.15) is 18.8 Å². The first-order valence-electron chi connectivity index (χ1n) is 12.1. The van der Waals surface area contributed by atoms with Crippen LogP contribution in [-0.2, 0) is 4.74 Å². The first-order chi connectivity index (χ1) is 19.5. The molecule has 43 heavy (non-hydrogen) atoms. The molecule has 0 aliphatic heterocycles. The number of rotatable bonds is 12. The van der Waals surface area contributed by atoms with Gasteiger partial charge in [-0.15, -0.1) is 0 Å². The Morgan fingerprint density at radius 2 is 1.30 bits per heavy atom. The maximum Gasteiger partial charge on any atom is 0.340 e. The lowest BCUT2D eigenvalue weighted by atomic mass is 10.1. The van der Waals surface area contributed by atoms with Gasteiger partial charge in [-0.2, -0.15) is 0 Å². The molecule has 3 aromatic carbocycles. The zero-order valence-corrected chi connectivity index (χ0v) is 26.5. The van der Waals surface area contributed by atoms with Crippen molar-refractivity contribution < 1.29 is 50.0 Å². The van der Waals surface area contributed by atoms with Crippen molar-refractivity contribution in [1.82, 2.24) is 0 Å². The number of nitro groups is 1. The van der Waals surface area contributed by atoms with Gasteiger partial charge in [-0.05, 0) is 48.8 Å². The van der Waals surface area contributed by atoms with E-state index >= 15 is 0 Å².